The van der Waals surface area contributed by atoms with E-state index in [1.165, 1.54) is 19.1 Å². The van der Waals surface area contributed by atoms with Crippen LogP contribution >= 0.6 is 0 Å². The highest BCUT2D eigenvalue weighted by molar-refractivity contribution is 5.97. The first-order chi connectivity index (χ1) is 14.5. The lowest BCUT2D eigenvalue weighted by Gasteiger charge is -2.43. The standard InChI is InChI=1S/C23H27F3NO4/c1-13-15(6-5-7-16(13)23(24,25)26)18(28)11-17-20-14(8-9-27(17,2)3)10-19-21(22(20)29-4)31-12-30-19/h5-7,10,13,16-17H,8-9,11-12H2,1-4H3/q+1. The van der Waals surface area contributed by atoms with Crippen molar-refractivity contribution in [2.45, 2.75) is 32.0 Å². The Morgan fingerprint density at radius 2 is 2.03 bits per heavy atom. The van der Waals surface area contributed by atoms with Gasteiger partial charge in [0.25, 0.3) is 0 Å². The molecule has 8 heteroatoms. The van der Waals surface area contributed by atoms with Crippen molar-refractivity contribution in [2.24, 2.45) is 11.8 Å². The summed E-state index contributed by atoms with van der Waals surface area (Å²) in [7, 11) is 5.61. The molecule has 31 heavy (non-hydrogen) atoms. The van der Waals surface area contributed by atoms with Crippen LogP contribution in [-0.2, 0) is 11.2 Å². The predicted molar refractivity (Wildman–Crippen MR) is 108 cm³/mol. The van der Waals surface area contributed by atoms with Crippen LogP contribution in [0.25, 0.3) is 0 Å². The summed E-state index contributed by atoms with van der Waals surface area (Å²) in [6.45, 7) is 2.36. The number of hydrogen-bond acceptors (Lipinski definition) is 4. The second-order valence-corrected chi connectivity index (χ2v) is 8.97. The van der Waals surface area contributed by atoms with Crippen molar-refractivity contribution < 1.29 is 36.7 Å². The van der Waals surface area contributed by atoms with Crippen LogP contribution in [0.3, 0.4) is 0 Å². The van der Waals surface area contributed by atoms with Crippen LogP contribution in [0.5, 0.6) is 17.2 Å². The van der Waals surface area contributed by atoms with E-state index in [-0.39, 0.29) is 30.6 Å². The molecule has 0 spiro atoms. The molecule has 0 amide bonds. The number of Topliss-reactive ketones (excluding diaryl/α,β-unsaturated/α-hetero) is 1. The molecule has 2 aliphatic heterocycles. The smallest absolute Gasteiger partial charge is 0.395 e. The first-order valence-electron chi connectivity index (χ1n) is 10.3. The quantitative estimate of drug-likeness (QED) is 0.655. The topological polar surface area (TPSA) is 44.8 Å². The molecule has 0 fully saturated rings. The summed E-state index contributed by atoms with van der Waals surface area (Å²) in [6.07, 6.45) is 0.474. The largest absolute Gasteiger partial charge is 0.492 e. The highest BCUT2D eigenvalue weighted by atomic mass is 19.4. The van der Waals surface area contributed by atoms with Crippen LogP contribution in [0.4, 0.5) is 13.2 Å². The van der Waals surface area contributed by atoms with Gasteiger partial charge >= 0.3 is 6.18 Å². The molecule has 0 bridgehead atoms. The van der Waals surface area contributed by atoms with E-state index in [9.17, 15) is 18.0 Å². The number of halogens is 3. The number of carbonyl (C=O) groups is 1. The molecule has 3 atom stereocenters. The van der Waals surface area contributed by atoms with Crippen molar-refractivity contribution >= 4 is 5.78 Å². The minimum atomic E-state index is -4.39. The number of benzene rings is 1. The first kappa shape index (κ1) is 21.7. The van der Waals surface area contributed by atoms with Gasteiger partial charge in [-0.1, -0.05) is 25.2 Å². The third-order valence-corrected chi connectivity index (χ3v) is 6.78. The fourth-order valence-corrected chi connectivity index (χ4v) is 4.94. The third kappa shape index (κ3) is 3.71. The lowest BCUT2D eigenvalue weighted by atomic mass is 9.78. The van der Waals surface area contributed by atoms with Crippen molar-refractivity contribution in [1.29, 1.82) is 0 Å². The van der Waals surface area contributed by atoms with Crippen LogP contribution in [0, 0.1) is 11.8 Å². The van der Waals surface area contributed by atoms with E-state index in [4.69, 9.17) is 14.2 Å². The average Bonchev–Trinajstić information content (AvgIpc) is 3.16. The maximum absolute atomic E-state index is 13.4. The number of rotatable bonds is 4. The molecular weight excluding hydrogens is 411 g/mol. The molecule has 4 rings (SSSR count). The van der Waals surface area contributed by atoms with Gasteiger partial charge in [-0.15, -0.1) is 0 Å². The Morgan fingerprint density at radius 3 is 2.71 bits per heavy atom. The summed E-state index contributed by atoms with van der Waals surface area (Å²) in [5, 5.41) is 0. The van der Waals surface area contributed by atoms with E-state index < -0.39 is 18.0 Å². The number of alkyl halides is 3. The van der Waals surface area contributed by atoms with E-state index >= 15 is 0 Å². The normalized spacial score (nSPS) is 26.3. The lowest BCUT2D eigenvalue weighted by molar-refractivity contribution is -0.922. The van der Waals surface area contributed by atoms with E-state index in [0.29, 0.717) is 21.7 Å². The average molecular weight is 438 g/mol. The zero-order valence-electron chi connectivity index (χ0n) is 18.1. The van der Waals surface area contributed by atoms with Gasteiger partial charge < -0.3 is 18.7 Å². The molecule has 0 N–H and O–H groups in total. The fraction of sp³-hybridized carbons (Fsp3) is 0.522. The number of fused-ring (bicyclic) bond motifs is 2. The summed E-state index contributed by atoms with van der Waals surface area (Å²) in [6, 6.07) is 1.66. The molecular formula is C23H27F3NO4+. The Balaban J connectivity index is 1.70. The van der Waals surface area contributed by atoms with Gasteiger partial charge in [0.15, 0.2) is 17.3 Å². The summed E-state index contributed by atoms with van der Waals surface area (Å²) in [5.74, 6) is -1.15. The Morgan fingerprint density at radius 1 is 1.29 bits per heavy atom. The Labute approximate surface area is 179 Å². The molecule has 5 nitrogen and oxygen atoms in total. The Kier molecular flexibility index (Phi) is 5.32. The molecule has 0 radical (unpaired) electrons. The second-order valence-electron chi connectivity index (χ2n) is 8.97. The Bertz CT molecular complexity index is 965. The van der Waals surface area contributed by atoms with Crippen molar-refractivity contribution in [3.8, 4) is 17.2 Å². The van der Waals surface area contributed by atoms with Crippen LogP contribution in [0.1, 0.15) is 30.5 Å². The molecule has 0 saturated heterocycles. The highest BCUT2D eigenvalue weighted by Crippen LogP contribution is 2.52. The van der Waals surface area contributed by atoms with Gasteiger partial charge in [0.05, 0.1) is 45.7 Å². The summed E-state index contributed by atoms with van der Waals surface area (Å²) >= 11 is 0. The number of likely N-dealkylation sites (N-methyl/N-ethyl adjacent to an activating group) is 1. The zero-order valence-corrected chi connectivity index (χ0v) is 18.1. The van der Waals surface area contributed by atoms with E-state index in [2.05, 4.69) is 0 Å². The zero-order chi connectivity index (χ0) is 22.6. The summed E-state index contributed by atoms with van der Waals surface area (Å²) < 4.78 is 57.5. The van der Waals surface area contributed by atoms with Crippen LogP contribution < -0.4 is 14.2 Å². The van der Waals surface area contributed by atoms with Gasteiger partial charge in [-0.3, -0.25) is 4.79 Å². The molecule has 1 aliphatic carbocycles. The van der Waals surface area contributed by atoms with Gasteiger partial charge in [0.2, 0.25) is 12.5 Å². The lowest BCUT2D eigenvalue weighted by Crippen LogP contribution is -2.49. The maximum Gasteiger partial charge on any atom is 0.395 e. The maximum atomic E-state index is 13.4. The van der Waals surface area contributed by atoms with E-state index in [1.807, 2.05) is 20.2 Å². The molecule has 168 valence electrons. The number of nitrogens with zero attached hydrogens (tertiary/aromatic N) is 1. The summed E-state index contributed by atoms with van der Waals surface area (Å²) in [5.41, 5.74) is 2.12. The number of carbonyl (C=O) groups excluding carboxylic acids is 1. The van der Waals surface area contributed by atoms with Gasteiger partial charge in [0.1, 0.15) is 6.04 Å². The second kappa shape index (κ2) is 7.58. The third-order valence-electron chi connectivity index (χ3n) is 6.78. The van der Waals surface area contributed by atoms with Crippen LogP contribution in [0.2, 0.25) is 0 Å². The van der Waals surface area contributed by atoms with Gasteiger partial charge in [-0.05, 0) is 23.1 Å². The number of hydrogen-bond donors (Lipinski definition) is 0. The minimum absolute atomic E-state index is 0.0879. The molecule has 1 aromatic carbocycles. The van der Waals surface area contributed by atoms with Crippen LogP contribution in [-0.4, -0.2) is 51.0 Å². The number of ketones is 1. The van der Waals surface area contributed by atoms with Gasteiger partial charge in [-0.25, -0.2) is 0 Å². The van der Waals surface area contributed by atoms with E-state index in [1.54, 1.807) is 7.11 Å². The minimum Gasteiger partial charge on any atom is -0.492 e. The summed E-state index contributed by atoms with van der Waals surface area (Å²) in [4.78, 5) is 13.3. The number of ether oxygens (including phenoxy) is 3. The van der Waals surface area contributed by atoms with Gasteiger partial charge in [0, 0.05) is 6.42 Å². The molecule has 1 aromatic rings. The number of quaternary nitrogens is 1. The van der Waals surface area contributed by atoms with Crippen molar-refractivity contribution in [1.82, 2.24) is 0 Å². The molecule has 2 heterocycles. The van der Waals surface area contributed by atoms with Crippen molar-refractivity contribution in [2.75, 3.05) is 34.5 Å². The first-order valence-corrected chi connectivity index (χ1v) is 10.3. The highest BCUT2D eigenvalue weighted by Gasteiger charge is 2.46. The SMILES string of the molecule is COc1c2c(cc3c1C(CC(=O)C1=CC=CC(C(F)(F)F)C1C)[N+](C)(C)CC3)OCO2. The Hall–Kier alpha value is -2.48. The fourth-order valence-electron chi connectivity index (χ4n) is 4.94. The monoisotopic (exact) mass is 438 g/mol. The molecule has 3 unspecified atom stereocenters. The van der Waals surface area contributed by atoms with Crippen LogP contribution in [0.15, 0.2) is 29.9 Å². The molecule has 0 aromatic heterocycles. The van der Waals surface area contributed by atoms with E-state index in [0.717, 1.165) is 30.2 Å². The number of methoxy groups -OCH3 is 1. The van der Waals surface area contributed by atoms with Crippen molar-refractivity contribution in [3.63, 3.8) is 0 Å². The predicted octanol–water partition coefficient (Wildman–Crippen LogP) is 4.37. The molecule has 0 saturated carbocycles. The van der Waals surface area contributed by atoms with Gasteiger partial charge in [-0.2, -0.15) is 13.2 Å². The van der Waals surface area contributed by atoms with Crippen molar-refractivity contribution in [3.05, 3.63) is 41.0 Å². The number of allylic oxidation sites excluding steroid dienone is 4. The molecule has 3 aliphatic rings.